The van der Waals surface area contributed by atoms with E-state index in [9.17, 15) is 0 Å². The number of para-hydroxylation sites is 1. The van der Waals surface area contributed by atoms with Gasteiger partial charge in [0.25, 0.3) is 0 Å². The molecule has 0 fully saturated rings. The minimum atomic E-state index is -0.808. The van der Waals surface area contributed by atoms with E-state index in [1.807, 2.05) is 0 Å². The first-order chi connectivity index (χ1) is 28.3. The van der Waals surface area contributed by atoms with E-state index in [1.165, 1.54) is 55.9 Å². The summed E-state index contributed by atoms with van der Waals surface area (Å²) in [4.78, 5) is 2.62. The molecule has 1 heterocycles. The average molecular weight is 749 g/mol. The van der Waals surface area contributed by atoms with Crippen molar-refractivity contribution < 1.29 is 0 Å². The van der Waals surface area contributed by atoms with Gasteiger partial charge in [0.2, 0.25) is 0 Å². The Labute approximate surface area is 355 Å². The fourth-order valence-corrected chi connectivity index (χ4v) is 12.7. The molecule has 6 aromatic carbocycles. The highest BCUT2D eigenvalue weighted by Gasteiger charge is 2.59. The smallest absolute Gasteiger partial charge is 0.113 e. The van der Waals surface area contributed by atoms with Gasteiger partial charge in [-0.15, -0.1) is 10.9 Å². The predicted octanol–water partition coefficient (Wildman–Crippen LogP) is 8.43. The summed E-state index contributed by atoms with van der Waals surface area (Å²) in [7, 11) is 27.8. The van der Waals surface area contributed by atoms with Crippen molar-refractivity contribution in [1.29, 1.82) is 0 Å². The van der Waals surface area contributed by atoms with Crippen molar-refractivity contribution in [3.05, 3.63) is 190 Å². The number of hydrogen-bond acceptors (Lipinski definition) is 1. The van der Waals surface area contributed by atoms with Gasteiger partial charge in [-0.05, 0) is 105 Å². The summed E-state index contributed by atoms with van der Waals surface area (Å²) in [5, 5.41) is 0. The number of rotatable bonds is 3. The van der Waals surface area contributed by atoms with Crippen molar-refractivity contribution >= 4 is 64.6 Å². The Balaban J connectivity index is 1.22. The molecule has 1 aliphatic heterocycles. The van der Waals surface area contributed by atoms with Crippen LogP contribution < -0.4 is 26.8 Å². The summed E-state index contributed by atoms with van der Waals surface area (Å²) in [6.07, 6.45) is 7.54. The van der Waals surface area contributed by atoms with E-state index in [0.29, 0.717) is 21.9 Å². The molecule has 5 aliphatic rings. The molecule has 8 radical (unpaired) electrons. The standard InChI is InChI=1S/C54H43B4N/c1-30-26-27-53(6)50-43(30)31(2)41(54(32-16-8-7-9-17-32)39-21-13-11-19-35(39)44-45(54)47(56)49(58)48(57)46(44)55)29-52(50,5)40-22-14-15-23-42(40)59(53)33-24-25-38-36(28-33)34-18-10-12-20-37(34)51(38,3)4/h7-31H,1-6H3. The maximum absolute atomic E-state index is 7.29. The summed E-state index contributed by atoms with van der Waals surface area (Å²) in [5.74, 6) is 0.189. The van der Waals surface area contributed by atoms with Crippen molar-refractivity contribution in [1.82, 2.24) is 0 Å². The van der Waals surface area contributed by atoms with Gasteiger partial charge in [0.1, 0.15) is 31.4 Å². The quantitative estimate of drug-likeness (QED) is 0.130. The van der Waals surface area contributed by atoms with Crippen LogP contribution in [0, 0.1) is 11.8 Å². The Morgan fingerprint density at radius 1 is 0.576 bits per heavy atom. The van der Waals surface area contributed by atoms with Gasteiger partial charge < -0.3 is 4.90 Å². The lowest BCUT2D eigenvalue weighted by molar-refractivity contribution is 0.436. The van der Waals surface area contributed by atoms with Gasteiger partial charge in [0.15, 0.2) is 0 Å². The SMILES string of the molecule is [B]c1c([B])c([B])c2c(c1[B])-c1ccccc1C2(C1=CC2(C)C3=C(C(C)C=CC3(C)N(c3ccc4c(c3)-c3ccccc3C4(C)C)c3ccccc32)C1C)c1ccccc1. The highest BCUT2D eigenvalue weighted by molar-refractivity contribution is 6.64. The van der Waals surface area contributed by atoms with Crippen molar-refractivity contribution in [3.63, 3.8) is 0 Å². The minimum absolute atomic E-state index is 0.00998. The van der Waals surface area contributed by atoms with Gasteiger partial charge in [-0.3, -0.25) is 0 Å². The first kappa shape index (κ1) is 36.7. The van der Waals surface area contributed by atoms with Gasteiger partial charge in [-0.1, -0.05) is 166 Å². The summed E-state index contributed by atoms with van der Waals surface area (Å²) >= 11 is 0. The van der Waals surface area contributed by atoms with Crippen LogP contribution in [0.3, 0.4) is 0 Å². The normalized spacial score (nSPS) is 26.3. The van der Waals surface area contributed by atoms with Crippen LogP contribution in [0.15, 0.2) is 156 Å². The van der Waals surface area contributed by atoms with Crippen molar-refractivity contribution in [3.8, 4) is 22.3 Å². The van der Waals surface area contributed by atoms with E-state index in [2.05, 4.69) is 186 Å². The lowest BCUT2D eigenvalue weighted by atomic mass is 9.50. The van der Waals surface area contributed by atoms with E-state index < -0.39 is 16.4 Å². The molecule has 5 heteroatoms. The molecular formula is C54H43B4N. The van der Waals surface area contributed by atoms with Crippen LogP contribution in [0.1, 0.15) is 74.9 Å². The van der Waals surface area contributed by atoms with E-state index >= 15 is 0 Å². The molecule has 5 atom stereocenters. The molecular weight excluding hydrogens is 706 g/mol. The van der Waals surface area contributed by atoms with E-state index in [1.54, 1.807) is 0 Å². The van der Waals surface area contributed by atoms with Gasteiger partial charge >= 0.3 is 0 Å². The van der Waals surface area contributed by atoms with E-state index in [-0.39, 0.29) is 17.3 Å². The molecule has 6 aromatic rings. The fraction of sp³-hybridized carbons (Fsp3) is 0.222. The van der Waals surface area contributed by atoms with Gasteiger partial charge in [0, 0.05) is 28.1 Å². The van der Waals surface area contributed by atoms with Crippen LogP contribution in [0.4, 0.5) is 11.4 Å². The number of fused-ring (bicyclic) bond motifs is 8. The maximum Gasteiger partial charge on any atom is 0.113 e. The molecule has 0 saturated heterocycles. The fourth-order valence-electron chi connectivity index (χ4n) is 12.7. The number of anilines is 2. The molecule has 276 valence electrons. The Morgan fingerprint density at radius 2 is 1.19 bits per heavy atom. The van der Waals surface area contributed by atoms with Crippen LogP contribution in [-0.2, 0) is 16.2 Å². The third-order valence-corrected chi connectivity index (χ3v) is 15.2. The first-order valence-corrected chi connectivity index (χ1v) is 21.0. The zero-order valence-corrected chi connectivity index (χ0v) is 34.7. The molecule has 0 saturated carbocycles. The summed E-state index contributed by atoms with van der Waals surface area (Å²) in [5.41, 5.74) is 18.1. The third kappa shape index (κ3) is 4.37. The topological polar surface area (TPSA) is 3.24 Å². The number of nitrogens with zero attached hydrogens (tertiary/aromatic N) is 1. The summed E-state index contributed by atoms with van der Waals surface area (Å²) in [6, 6.07) is 44.6. The lowest BCUT2D eigenvalue weighted by Crippen LogP contribution is -2.58. The maximum atomic E-state index is 7.29. The largest absolute Gasteiger partial charge is 0.328 e. The summed E-state index contributed by atoms with van der Waals surface area (Å²) < 4.78 is 0. The van der Waals surface area contributed by atoms with Gasteiger partial charge in [-0.2, -0.15) is 0 Å². The van der Waals surface area contributed by atoms with E-state index in [0.717, 1.165) is 27.8 Å². The first-order valence-electron chi connectivity index (χ1n) is 21.0. The molecule has 0 aromatic heterocycles. The molecule has 0 spiro atoms. The minimum Gasteiger partial charge on any atom is -0.328 e. The second kappa shape index (κ2) is 12.1. The van der Waals surface area contributed by atoms with Crippen molar-refractivity contribution in [2.24, 2.45) is 11.8 Å². The Morgan fingerprint density at radius 3 is 1.93 bits per heavy atom. The zero-order chi connectivity index (χ0) is 41.0. The van der Waals surface area contributed by atoms with E-state index in [4.69, 9.17) is 31.4 Å². The Bertz CT molecular complexity index is 2940. The highest BCUT2D eigenvalue weighted by Crippen LogP contribution is 2.66. The number of hydrogen-bond donors (Lipinski definition) is 0. The molecule has 5 unspecified atom stereocenters. The molecule has 0 N–H and O–H groups in total. The van der Waals surface area contributed by atoms with Crippen molar-refractivity contribution in [2.75, 3.05) is 4.90 Å². The second-order valence-corrected chi connectivity index (χ2v) is 18.5. The Hall–Kier alpha value is -5.40. The molecule has 1 nitrogen and oxygen atoms in total. The number of allylic oxidation sites excluding steroid dienone is 4. The Kier molecular flexibility index (Phi) is 7.52. The van der Waals surface area contributed by atoms with Crippen LogP contribution in [-0.4, -0.2) is 36.9 Å². The van der Waals surface area contributed by atoms with Crippen LogP contribution in [0.2, 0.25) is 0 Å². The average Bonchev–Trinajstić information content (AvgIpc) is 3.68. The monoisotopic (exact) mass is 749 g/mol. The summed E-state index contributed by atoms with van der Waals surface area (Å²) in [6.45, 7) is 14.4. The van der Waals surface area contributed by atoms with Crippen LogP contribution in [0.25, 0.3) is 22.3 Å². The molecule has 59 heavy (non-hydrogen) atoms. The molecule has 0 bridgehead atoms. The second-order valence-electron chi connectivity index (χ2n) is 18.5. The van der Waals surface area contributed by atoms with Crippen LogP contribution >= 0.6 is 0 Å². The highest BCUT2D eigenvalue weighted by atomic mass is 15.2. The molecule has 0 amide bonds. The molecule has 11 rings (SSSR count). The van der Waals surface area contributed by atoms with Crippen LogP contribution in [0.5, 0.6) is 0 Å². The lowest BCUT2D eigenvalue weighted by Gasteiger charge is -2.60. The van der Waals surface area contributed by atoms with Gasteiger partial charge in [0.05, 0.1) is 11.0 Å². The predicted molar refractivity (Wildman–Crippen MR) is 251 cm³/mol. The third-order valence-electron chi connectivity index (χ3n) is 15.2. The molecule has 4 aliphatic carbocycles. The zero-order valence-electron chi connectivity index (χ0n) is 34.7. The van der Waals surface area contributed by atoms with Gasteiger partial charge in [-0.25, -0.2) is 0 Å². The number of benzene rings is 6. The van der Waals surface area contributed by atoms with Crippen molar-refractivity contribution in [2.45, 2.75) is 63.3 Å².